The molecule has 2 N–H and O–H groups in total. The zero-order valence-electron chi connectivity index (χ0n) is 15.9. The molecule has 1 saturated carbocycles. The Kier molecular flexibility index (Phi) is 7.22. The Labute approximate surface area is 163 Å². The van der Waals surface area contributed by atoms with Crippen LogP contribution in [0, 0.1) is 5.92 Å². The molecule has 8 heteroatoms. The van der Waals surface area contributed by atoms with E-state index < -0.39 is 5.97 Å². The first-order valence-corrected chi connectivity index (χ1v) is 9.98. The fourth-order valence-corrected chi connectivity index (χ4v) is 3.75. The van der Waals surface area contributed by atoms with Gasteiger partial charge in [0.25, 0.3) is 0 Å². The van der Waals surface area contributed by atoms with Gasteiger partial charge in [-0.25, -0.2) is 0 Å². The first-order chi connectivity index (χ1) is 13.6. The summed E-state index contributed by atoms with van der Waals surface area (Å²) in [6.07, 6.45) is 9.49. The van der Waals surface area contributed by atoms with E-state index in [1.165, 1.54) is 25.5 Å². The van der Waals surface area contributed by atoms with Crippen LogP contribution in [-0.4, -0.2) is 33.2 Å². The van der Waals surface area contributed by atoms with Gasteiger partial charge in [-0.05, 0) is 30.9 Å². The number of rotatable bonds is 10. The van der Waals surface area contributed by atoms with Crippen LogP contribution in [0.3, 0.4) is 0 Å². The van der Waals surface area contributed by atoms with E-state index >= 15 is 0 Å². The summed E-state index contributed by atoms with van der Waals surface area (Å²) in [6, 6.07) is 3.37. The van der Waals surface area contributed by atoms with Gasteiger partial charge in [-0.15, -0.1) is 0 Å². The van der Waals surface area contributed by atoms with Crippen molar-refractivity contribution in [3.63, 3.8) is 0 Å². The standard InChI is InChI=1S/C20H27N3O5/c24-17(9-10-18-22-20(23-28-18)16-7-4-12-27-16)21-15(8-11-19(25)26)13-14-5-2-1-3-6-14/h4,7,12,14-15H,1-3,5-6,8-11,13H2,(H,21,24)(H,25,26). The number of carbonyl (C=O) groups is 2. The Morgan fingerprint density at radius 1 is 1.25 bits per heavy atom. The van der Waals surface area contributed by atoms with Crippen molar-refractivity contribution in [2.24, 2.45) is 5.92 Å². The lowest BCUT2D eigenvalue weighted by atomic mass is 9.84. The number of hydrogen-bond acceptors (Lipinski definition) is 6. The van der Waals surface area contributed by atoms with E-state index in [1.54, 1.807) is 12.1 Å². The first-order valence-electron chi connectivity index (χ1n) is 9.98. The predicted octanol–water partition coefficient (Wildman–Crippen LogP) is 3.58. The zero-order chi connectivity index (χ0) is 19.8. The van der Waals surface area contributed by atoms with Gasteiger partial charge in [0.1, 0.15) is 0 Å². The van der Waals surface area contributed by atoms with Crippen LogP contribution >= 0.6 is 0 Å². The molecule has 0 bridgehead atoms. The summed E-state index contributed by atoms with van der Waals surface area (Å²) in [5.74, 6) is 0.858. The van der Waals surface area contributed by atoms with E-state index in [9.17, 15) is 9.59 Å². The average Bonchev–Trinajstić information content (AvgIpc) is 3.37. The van der Waals surface area contributed by atoms with Crippen LogP contribution in [0.2, 0.25) is 0 Å². The Morgan fingerprint density at radius 2 is 2.07 bits per heavy atom. The summed E-state index contributed by atoms with van der Waals surface area (Å²) in [5.41, 5.74) is 0. The second kappa shape index (κ2) is 10.1. The number of aliphatic carboxylic acids is 1. The number of hydrogen-bond donors (Lipinski definition) is 2. The fraction of sp³-hybridized carbons (Fsp3) is 0.600. The van der Waals surface area contributed by atoms with Gasteiger partial charge in [-0.2, -0.15) is 4.98 Å². The smallest absolute Gasteiger partial charge is 0.303 e. The highest BCUT2D eigenvalue weighted by molar-refractivity contribution is 5.76. The number of nitrogens with one attached hydrogen (secondary N) is 1. The second-order valence-electron chi connectivity index (χ2n) is 7.43. The number of carboxylic acids is 1. The summed E-state index contributed by atoms with van der Waals surface area (Å²) < 4.78 is 10.4. The molecule has 2 aromatic rings. The molecule has 152 valence electrons. The zero-order valence-corrected chi connectivity index (χ0v) is 15.9. The number of aromatic nitrogens is 2. The molecule has 1 aliphatic rings. The maximum absolute atomic E-state index is 12.4. The number of carbonyl (C=O) groups excluding carboxylic acids is 1. The summed E-state index contributed by atoms with van der Waals surface area (Å²) in [5, 5.41) is 15.8. The van der Waals surface area contributed by atoms with Crippen LogP contribution in [0.5, 0.6) is 0 Å². The molecule has 1 atom stereocenters. The lowest BCUT2D eigenvalue weighted by molar-refractivity contribution is -0.137. The quantitative estimate of drug-likeness (QED) is 0.637. The molecule has 0 spiro atoms. The summed E-state index contributed by atoms with van der Waals surface area (Å²) >= 11 is 0. The second-order valence-corrected chi connectivity index (χ2v) is 7.43. The number of amides is 1. The Morgan fingerprint density at radius 3 is 2.79 bits per heavy atom. The molecule has 28 heavy (non-hydrogen) atoms. The minimum atomic E-state index is -0.834. The van der Waals surface area contributed by atoms with Crippen LogP contribution < -0.4 is 5.32 Å². The molecular formula is C20H27N3O5. The maximum atomic E-state index is 12.4. The molecule has 2 aromatic heterocycles. The third-order valence-electron chi connectivity index (χ3n) is 5.19. The highest BCUT2D eigenvalue weighted by Crippen LogP contribution is 2.28. The van der Waals surface area contributed by atoms with Crippen molar-refractivity contribution in [2.45, 2.75) is 70.3 Å². The molecular weight excluding hydrogens is 362 g/mol. The number of carboxylic acid groups (broad SMARTS) is 1. The van der Waals surface area contributed by atoms with Crippen LogP contribution in [0.1, 0.15) is 63.7 Å². The normalized spacial score (nSPS) is 16.0. The van der Waals surface area contributed by atoms with Crippen LogP contribution in [0.15, 0.2) is 27.3 Å². The average molecular weight is 389 g/mol. The van der Waals surface area contributed by atoms with E-state index in [-0.39, 0.29) is 24.8 Å². The Balaban J connectivity index is 1.48. The topological polar surface area (TPSA) is 118 Å². The molecule has 0 aromatic carbocycles. The van der Waals surface area contributed by atoms with Crippen LogP contribution in [-0.2, 0) is 16.0 Å². The summed E-state index contributed by atoms with van der Waals surface area (Å²) in [6.45, 7) is 0. The maximum Gasteiger partial charge on any atom is 0.303 e. The van der Waals surface area contributed by atoms with E-state index in [2.05, 4.69) is 15.5 Å². The van der Waals surface area contributed by atoms with E-state index in [0.29, 0.717) is 36.2 Å². The first kappa shape index (κ1) is 20.1. The molecule has 0 radical (unpaired) electrons. The molecule has 1 unspecified atom stereocenters. The minimum absolute atomic E-state index is 0.0633. The molecule has 3 rings (SSSR count). The van der Waals surface area contributed by atoms with Crippen LogP contribution in [0.4, 0.5) is 0 Å². The monoisotopic (exact) mass is 389 g/mol. The predicted molar refractivity (Wildman–Crippen MR) is 100 cm³/mol. The van der Waals surface area contributed by atoms with Gasteiger partial charge in [0.05, 0.1) is 6.26 Å². The van der Waals surface area contributed by atoms with E-state index in [0.717, 1.165) is 19.3 Å². The highest BCUT2D eigenvalue weighted by atomic mass is 16.5. The summed E-state index contributed by atoms with van der Waals surface area (Å²) in [7, 11) is 0. The van der Waals surface area contributed by atoms with Crippen molar-refractivity contribution in [3.05, 3.63) is 24.3 Å². The molecule has 1 fully saturated rings. The fourth-order valence-electron chi connectivity index (χ4n) is 3.75. The third-order valence-corrected chi connectivity index (χ3v) is 5.19. The van der Waals surface area contributed by atoms with Gasteiger partial charge in [-0.3, -0.25) is 9.59 Å². The Bertz CT molecular complexity index is 750. The van der Waals surface area contributed by atoms with Gasteiger partial charge in [0.15, 0.2) is 5.76 Å². The molecule has 0 saturated heterocycles. The highest BCUT2D eigenvalue weighted by Gasteiger charge is 2.21. The minimum Gasteiger partial charge on any atom is -0.481 e. The third kappa shape index (κ3) is 6.21. The van der Waals surface area contributed by atoms with Gasteiger partial charge < -0.3 is 19.4 Å². The lowest BCUT2D eigenvalue weighted by Gasteiger charge is -2.27. The van der Waals surface area contributed by atoms with E-state index in [4.69, 9.17) is 14.0 Å². The van der Waals surface area contributed by atoms with Crippen molar-refractivity contribution in [1.82, 2.24) is 15.5 Å². The number of nitrogens with zero attached hydrogens (tertiary/aromatic N) is 2. The van der Waals surface area contributed by atoms with Gasteiger partial charge in [0, 0.05) is 25.3 Å². The van der Waals surface area contributed by atoms with Gasteiger partial charge in [0.2, 0.25) is 17.6 Å². The Hall–Kier alpha value is -2.64. The van der Waals surface area contributed by atoms with Crippen molar-refractivity contribution >= 4 is 11.9 Å². The van der Waals surface area contributed by atoms with Crippen molar-refractivity contribution in [2.75, 3.05) is 0 Å². The molecule has 0 aliphatic heterocycles. The largest absolute Gasteiger partial charge is 0.481 e. The van der Waals surface area contributed by atoms with Crippen molar-refractivity contribution in [1.29, 1.82) is 0 Å². The van der Waals surface area contributed by atoms with Crippen molar-refractivity contribution < 1.29 is 23.6 Å². The molecule has 8 nitrogen and oxygen atoms in total. The molecule has 1 aliphatic carbocycles. The van der Waals surface area contributed by atoms with Crippen molar-refractivity contribution in [3.8, 4) is 11.6 Å². The van der Waals surface area contributed by atoms with E-state index in [1.807, 2.05) is 0 Å². The molecule has 2 heterocycles. The summed E-state index contributed by atoms with van der Waals surface area (Å²) in [4.78, 5) is 27.6. The van der Waals surface area contributed by atoms with Gasteiger partial charge in [-0.1, -0.05) is 37.3 Å². The SMILES string of the molecule is O=C(O)CCC(CC1CCCCC1)NC(=O)CCc1nc(-c2ccco2)no1. The molecule has 1 amide bonds. The van der Waals surface area contributed by atoms with Crippen LogP contribution in [0.25, 0.3) is 11.6 Å². The van der Waals surface area contributed by atoms with Gasteiger partial charge >= 0.3 is 5.97 Å². The number of furan rings is 1. The lowest BCUT2D eigenvalue weighted by Crippen LogP contribution is -2.37. The number of aryl methyl sites for hydroxylation is 1.